The van der Waals surface area contributed by atoms with Crippen molar-refractivity contribution < 1.29 is 34.2 Å². The molecule has 252 valence electrons. The third-order valence-corrected chi connectivity index (χ3v) is 8.71. The fraction of sp³-hybridized carbons (Fsp3) is 0.861. The monoisotopic (exact) mass is 611 g/mol. The van der Waals surface area contributed by atoms with Crippen molar-refractivity contribution >= 4 is 17.9 Å². The summed E-state index contributed by atoms with van der Waals surface area (Å²) >= 11 is 0. The van der Waals surface area contributed by atoms with Gasteiger partial charge in [-0.2, -0.15) is 0 Å². The van der Waals surface area contributed by atoms with Gasteiger partial charge in [-0.25, -0.2) is 0 Å². The van der Waals surface area contributed by atoms with Crippen molar-refractivity contribution in [1.82, 2.24) is 0 Å². The fourth-order valence-electron chi connectivity index (χ4n) is 6.05. The molecule has 0 aromatic rings. The number of unbranched alkanes of at least 4 members (excludes halogenated alkanes) is 18. The van der Waals surface area contributed by atoms with E-state index in [0.29, 0.717) is 19.3 Å². The molecule has 0 fully saturated rings. The Kier molecular flexibility index (Phi) is 28.8. The number of carboxylic acids is 3. The highest BCUT2D eigenvalue weighted by molar-refractivity contribution is 5.67. The van der Waals surface area contributed by atoms with E-state index in [9.17, 15) is 14.4 Å². The summed E-state index contributed by atoms with van der Waals surface area (Å²) in [5.74, 6) is -2.30. The van der Waals surface area contributed by atoms with E-state index < -0.39 is 17.9 Å². The molecule has 43 heavy (non-hydrogen) atoms. The lowest BCUT2D eigenvalue weighted by atomic mass is 10.0. The van der Waals surface area contributed by atoms with E-state index in [-0.39, 0.29) is 19.3 Å². The standard InChI is InChI=1S/C36H67NO6/c1-2-3-4-5-6-7-8-9-10-11-12-13-14-15-16-17-18-19-23-30-37(31-24-20-27-34(38)39,32-25-21-28-35(40)41)33-26-22-29-36(42)43/h5-6H,2-4,7-33H2,1H3,(H2-,38,39,40,41,42,43)/p+1/b6-5+. The maximum atomic E-state index is 11.0. The molecule has 0 radical (unpaired) electrons. The first-order valence-corrected chi connectivity index (χ1v) is 18.0. The molecular weight excluding hydrogens is 542 g/mol. The lowest BCUT2D eigenvalue weighted by Gasteiger charge is -2.39. The molecule has 0 bridgehead atoms. The highest BCUT2D eigenvalue weighted by atomic mass is 16.4. The van der Waals surface area contributed by atoms with Crippen molar-refractivity contribution in [2.45, 2.75) is 174 Å². The first-order valence-electron chi connectivity index (χ1n) is 18.0. The minimum Gasteiger partial charge on any atom is -0.481 e. The van der Waals surface area contributed by atoms with Gasteiger partial charge in [-0.3, -0.25) is 14.4 Å². The molecule has 0 amide bonds. The Morgan fingerprint density at radius 2 is 0.698 bits per heavy atom. The summed E-state index contributed by atoms with van der Waals surface area (Å²) in [6, 6.07) is 0. The molecule has 7 nitrogen and oxygen atoms in total. The smallest absolute Gasteiger partial charge is 0.303 e. The largest absolute Gasteiger partial charge is 0.481 e. The predicted octanol–water partition coefficient (Wildman–Crippen LogP) is 9.78. The first kappa shape index (κ1) is 41.1. The molecule has 3 N–H and O–H groups in total. The van der Waals surface area contributed by atoms with Crippen LogP contribution < -0.4 is 0 Å². The normalized spacial score (nSPS) is 11.8. The minimum absolute atomic E-state index is 0.176. The zero-order chi connectivity index (χ0) is 31.9. The number of hydrogen-bond donors (Lipinski definition) is 3. The first-order chi connectivity index (χ1) is 20.8. The molecule has 0 saturated carbocycles. The SMILES string of the molecule is CCCC/C=C/CCCCCCCCCCCCCCC[N+](CCCCC(=O)O)(CCCCC(=O)O)CCCCC(=O)O. The zero-order valence-corrected chi connectivity index (χ0v) is 27.9. The number of allylic oxidation sites excluding steroid dienone is 2. The van der Waals surface area contributed by atoms with Gasteiger partial charge in [-0.15, -0.1) is 0 Å². The molecule has 0 rings (SSSR count). The van der Waals surface area contributed by atoms with Gasteiger partial charge in [0.1, 0.15) is 0 Å². The quantitative estimate of drug-likeness (QED) is 0.0380. The summed E-state index contributed by atoms with van der Waals surface area (Å²) in [6.07, 6.45) is 31.8. The van der Waals surface area contributed by atoms with Crippen molar-refractivity contribution in [3.8, 4) is 0 Å². The Bertz CT molecular complexity index is 653. The van der Waals surface area contributed by atoms with Gasteiger partial charge in [0.2, 0.25) is 0 Å². The molecule has 0 heterocycles. The van der Waals surface area contributed by atoms with Crippen LogP contribution in [0.1, 0.15) is 174 Å². The molecule has 0 aliphatic heterocycles. The highest BCUT2D eigenvalue weighted by Crippen LogP contribution is 2.20. The van der Waals surface area contributed by atoms with Crippen LogP contribution in [0.25, 0.3) is 0 Å². The van der Waals surface area contributed by atoms with E-state index in [1.165, 1.54) is 103 Å². The average molecular weight is 611 g/mol. The number of nitrogens with zero attached hydrogens (tertiary/aromatic N) is 1. The van der Waals surface area contributed by atoms with E-state index in [2.05, 4.69) is 19.1 Å². The van der Waals surface area contributed by atoms with Gasteiger partial charge in [-0.1, -0.05) is 96.1 Å². The van der Waals surface area contributed by atoms with Crippen LogP contribution in [0.2, 0.25) is 0 Å². The molecule has 0 atom stereocenters. The van der Waals surface area contributed by atoms with Gasteiger partial charge >= 0.3 is 17.9 Å². The summed E-state index contributed by atoms with van der Waals surface area (Å²) in [5.41, 5.74) is 0. The summed E-state index contributed by atoms with van der Waals surface area (Å²) in [7, 11) is 0. The second-order valence-electron chi connectivity index (χ2n) is 12.8. The van der Waals surface area contributed by atoms with Crippen molar-refractivity contribution in [3.63, 3.8) is 0 Å². The van der Waals surface area contributed by atoms with Crippen LogP contribution in [0.3, 0.4) is 0 Å². The van der Waals surface area contributed by atoms with Crippen molar-refractivity contribution in [2.75, 3.05) is 26.2 Å². The molecule has 0 aromatic heterocycles. The van der Waals surface area contributed by atoms with Crippen molar-refractivity contribution in [3.05, 3.63) is 12.2 Å². The predicted molar refractivity (Wildman–Crippen MR) is 177 cm³/mol. The minimum atomic E-state index is -0.766. The van der Waals surface area contributed by atoms with Crippen LogP contribution in [-0.2, 0) is 14.4 Å². The van der Waals surface area contributed by atoms with Gasteiger partial charge in [0.05, 0.1) is 26.2 Å². The number of rotatable bonds is 34. The molecule has 0 aromatic carbocycles. The average Bonchev–Trinajstić information content (AvgIpc) is 2.96. The van der Waals surface area contributed by atoms with Crippen molar-refractivity contribution in [2.24, 2.45) is 0 Å². The number of carboxylic acid groups (broad SMARTS) is 3. The van der Waals surface area contributed by atoms with E-state index >= 15 is 0 Å². The molecular formula is C36H68NO6+. The Morgan fingerprint density at radius 1 is 0.419 bits per heavy atom. The van der Waals surface area contributed by atoms with Crippen LogP contribution in [0.5, 0.6) is 0 Å². The van der Waals surface area contributed by atoms with Crippen LogP contribution in [0.4, 0.5) is 0 Å². The van der Waals surface area contributed by atoms with Gasteiger partial charge in [0.15, 0.2) is 0 Å². The zero-order valence-electron chi connectivity index (χ0n) is 27.9. The van der Waals surface area contributed by atoms with Gasteiger partial charge < -0.3 is 19.8 Å². The Labute approximate surface area is 264 Å². The summed E-state index contributed by atoms with van der Waals surface area (Å²) < 4.78 is 0.870. The Balaban J connectivity index is 4.27. The maximum absolute atomic E-state index is 11.0. The second-order valence-corrected chi connectivity index (χ2v) is 12.8. The lowest BCUT2D eigenvalue weighted by molar-refractivity contribution is -0.929. The number of quaternary nitrogens is 1. The van der Waals surface area contributed by atoms with Crippen LogP contribution in [0.15, 0.2) is 12.2 Å². The Morgan fingerprint density at radius 3 is 1.02 bits per heavy atom. The lowest BCUT2D eigenvalue weighted by Crippen LogP contribution is -2.51. The number of aliphatic carboxylic acids is 3. The van der Waals surface area contributed by atoms with Gasteiger partial charge in [0, 0.05) is 19.3 Å². The van der Waals surface area contributed by atoms with E-state index in [1.54, 1.807) is 0 Å². The number of hydrogen-bond acceptors (Lipinski definition) is 3. The fourth-order valence-corrected chi connectivity index (χ4v) is 6.05. The summed E-state index contributed by atoms with van der Waals surface area (Å²) in [5, 5.41) is 27.2. The van der Waals surface area contributed by atoms with Crippen molar-refractivity contribution in [1.29, 1.82) is 0 Å². The topological polar surface area (TPSA) is 112 Å². The molecule has 0 unspecified atom stereocenters. The molecule has 7 heteroatoms. The third kappa shape index (κ3) is 29.9. The maximum Gasteiger partial charge on any atom is 0.303 e. The Hall–Kier alpha value is -1.89. The third-order valence-electron chi connectivity index (χ3n) is 8.71. The summed E-state index contributed by atoms with van der Waals surface area (Å²) in [6.45, 7) is 5.94. The molecule has 0 aliphatic carbocycles. The molecule has 0 aliphatic rings. The van der Waals surface area contributed by atoms with E-state index in [4.69, 9.17) is 15.3 Å². The highest BCUT2D eigenvalue weighted by Gasteiger charge is 2.26. The van der Waals surface area contributed by atoms with E-state index in [0.717, 1.165) is 56.3 Å². The van der Waals surface area contributed by atoms with Crippen LogP contribution in [0, 0.1) is 0 Å². The molecule has 0 spiro atoms. The van der Waals surface area contributed by atoms with E-state index in [1.807, 2.05) is 0 Å². The van der Waals surface area contributed by atoms with Crippen LogP contribution >= 0.6 is 0 Å². The van der Waals surface area contributed by atoms with Gasteiger partial charge in [0.25, 0.3) is 0 Å². The summed E-state index contributed by atoms with van der Waals surface area (Å²) in [4.78, 5) is 33.0. The second kappa shape index (κ2) is 30.1. The molecule has 0 saturated heterocycles. The van der Waals surface area contributed by atoms with Crippen LogP contribution in [-0.4, -0.2) is 63.9 Å². The van der Waals surface area contributed by atoms with Gasteiger partial charge in [-0.05, 0) is 70.6 Å². The number of carbonyl (C=O) groups is 3.